The van der Waals surface area contributed by atoms with E-state index in [0.717, 1.165) is 36.0 Å². The Morgan fingerprint density at radius 3 is 2.38 bits per heavy atom. The number of guanidine groups is 1. The van der Waals surface area contributed by atoms with Gasteiger partial charge in [0, 0.05) is 20.1 Å². The zero-order valence-electron chi connectivity index (χ0n) is 16.1. The van der Waals surface area contributed by atoms with Crippen LogP contribution in [0.5, 0.6) is 11.5 Å². The van der Waals surface area contributed by atoms with Crippen LogP contribution in [0.4, 0.5) is 0 Å². The topological polar surface area (TPSA) is 54.9 Å². The number of nitrogens with zero attached hydrogens (tertiary/aromatic N) is 1. The van der Waals surface area contributed by atoms with Crippen LogP contribution in [0.1, 0.15) is 30.4 Å². The third kappa shape index (κ3) is 5.99. The predicted molar refractivity (Wildman–Crippen MR) is 107 cm³/mol. The Hall–Kier alpha value is -2.69. The van der Waals surface area contributed by atoms with Gasteiger partial charge in [0.25, 0.3) is 0 Å². The summed E-state index contributed by atoms with van der Waals surface area (Å²) in [7, 11) is 5.15. The van der Waals surface area contributed by atoms with Crippen LogP contribution in [-0.2, 0) is 6.54 Å². The number of ether oxygens (including phenoxy) is 2. The Morgan fingerprint density at radius 2 is 1.73 bits per heavy atom. The second-order valence-electron chi connectivity index (χ2n) is 6.17. The average Bonchev–Trinajstić information content (AvgIpc) is 2.70. The summed E-state index contributed by atoms with van der Waals surface area (Å²) < 4.78 is 10.5. The first kappa shape index (κ1) is 19.6. The first-order valence-electron chi connectivity index (χ1n) is 8.87. The van der Waals surface area contributed by atoms with Crippen molar-refractivity contribution in [3.63, 3.8) is 0 Å². The monoisotopic (exact) mass is 355 g/mol. The molecule has 5 heteroatoms. The predicted octanol–water partition coefficient (Wildman–Crippen LogP) is 3.56. The van der Waals surface area contributed by atoms with Gasteiger partial charge in [-0.05, 0) is 47.7 Å². The minimum absolute atomic E-state index is 0.463. The molecule has 0 amide bonds. The van der Waals surface area contributed by atoms with Gasteiger partial charge in [0.15, 0.2) is 5.96 Å². The summed E-state index contributed by atoms with van der Waals surface area (Å²) in [5, 5.41) is 6.71. The molecule has 140 valence electrons. The molecular weight excluding hydrogens is 326 g/mol. The fraction of sp³-hybridized carbons (Fsp3) is 0.381. The Morgan fingerprint density at radius 1 is 1.00 bits per heavy atom. The molecule has 2 N–H and O–H groups in total. The molecule has 0 saturated heterocycles. The van der Waals surface area contributed by atoms with Crippen molar-refractivity contribution in [1.82, 2.24) is 10.6 Å². The van der Waals surface area contributed by atoms with Gasteiger partial charge in [0.05, 0.1) is 14.2 Å². The van der Waals surface area contributed by atoms with Crippen LogP contribution < -0.4 is 20.1 Å². The van der Waals surface area contributed by atoms with Gasteiger partial charge in [-0.15, -0.1) is 0 Å². The summed E-state index contributed by atoms with van der Waals surface area (Å²) in [6.07, 6.45) is 1.02. The molecule has 26 heavy (non-hydrogen) atoms. The van der Waals surface area contributed by atoms with Crippen molar-refractivity contribution in [1.29, 1.82) is 0 Å². The minimum Gasteiger partial charge on any atom is -0.497 e. The highest BCUT2D eigenvalue weighted by atomic mass is 16.5. The Kier molecular flexibility index (Phi) is 7.80. The normalized spacial score (nSPS) is 12.4. The maximum absolute atomic E-state index is 5.25. The number of aliphatic imine (C=N–C) groups is 1. The average molecular weight is 355 g/mol. The second-order valence-corrected chi connectivity index (χ2v) is 6.17. The van der Waals surface area contributed by atoms with E-state index in [0.29, 0.717) is 12.5 Å². The van der Waals surface area contributed by atoms with Gasteiger partial charge in [0.1, 0.15) is 11.5 Å². The summed E-state index contributed by atoms with van der Waals surface area (Å²) in [5.74, 6) is 3.02. The van der Waals surface area contributed by atoms with Crippen molar-refractivity contribution < 1.29 is 9.47 Å². The van der Waals surface area contributed by atoms with E-state index >= 15 is 0 Å². The number of methoxy groups -OCH3 is 2. The van der Waals surface area contributed by atoms with Gasteiger partial charge in [-0.25, -0.2) is 0 Å². The van der Waals surface area contributed by atoms with Crippen LogP contribution in [0.2, 0.25) is 0 Å². The number of hydrogen-bond donors (Lipinski definition) is 2. The lowest BCUT2D eigenvalue weighted by Gasteiger charge is -2.16. The Bertz CT molecular complexity index is 699. The lowest BCUT2D eigenvalue weighted by Crippen LogP contribution is -2.37. The summed E-state index contributed by atoms with van der Waals surface area (Å²) in [5.41, 5.74) is 2.46. The third-order valence-corrected chi connectivity index (χ3v) is 4.37. The van der Waals surface area contributed by atoms with Gasteiger partial charge < -0.3 is 20.1 Å². The molecule has 0 aliphatic heterocycles. The smallest absolute Gasteiger partial charge is 0.191 e. The molecule has 2 rings (SSSR count). The Balaban J connectivity index is 1.77. The van der Waals surface area contributed by atoms with Gasteiger partial charge in [-0.3, -0.25) is 4.99 Å². The van der Waals surface area contributed by atoms with E-state index in [9.17, 15) is 0 Å². The van der Waals surface area contributed by atoms with Crippen molar-refractivity contribution in [2.45, 2.75) is 25.8 Å². The molecule has 0 bridgehead atoms. The summed E-state index contributed by atoms with van der Waals surface area (Å²) in [6, 6.07) is 16.3. The lowest BCUT2D eigenvalue weighted by molar-refractivity contribution is 0.414. The second kappa shape index (κ2) is 10.3. The van der Waals surface area contributed by atoms with Crippen LogP contribution >= 0.6 is 0 Å². The van der Waals surface area contributed by atoms with Crippen LogP contribution in [-0.4, -0.2) is 33.8 Å². The molecule has 2 aromatic carbocycles. The number of benzene rings is 2. The highest BCUT2D eigenvalue weighted by molar-refractivity contribution is 5.79. The van der Waals surface area contributed by atoms with Gasteiger partial charge in [0.2, 0.25) is 0 Å². The molecule has 5 nitrogen and oxygen atoms in total. The molecule has 0 aliphatic carbocycles. The molecule has 1 atom stereocenters. The maximum Gasteiger partial charge on any atom is 0.191 e. The van der Waals surface area contributed by atoms with E-state index in [1.807, 2.05) is 30.3 Å². The molecular formula is C21H29N3O2. The summed E-state index contributed by atoms with van der Waals surface area (Å²) in [4.78, 5) is 4.28. The largest absolute Gasteiger partial charge is 0.497 e. The number of hydrogen-bond acceptors (Lipinski definition) is 3. The molecule has 0 aliphatic rings. The molecule has 0 fully saturated rings. The fourth-order valence-electron chi connectivity index (χ4n) is 2.70. The highest BCUT2D eigenvalue weighted by Crippen LogP contribution is 2.21. The van der Waals surface area contributed by atoms with Crippen LogP contribution in [0.3, 0.4) is 0 Å². The fourth-order valence-corrected chi connectivity index (χ4v) is 2.70. The van der Waals surface area contributed by atoms with Crippen molar-refractivity contribution >= 4 is 5.96 Å². The zero-order chi connectivity index (χ0) is 18.8. The quantitative estimate of drug-likeness (QED) is 0.561. The standard InChI is InChI=1S/C21H29N3O2/c1-16(18-8-10-19(25-3)11-9-18)12-13-23-21(22-2)24-15-17-6-5-7-20(14-17)26-4/h5-11,14,16H,12-13,15H2,1-4H3,(H2,22,23,24). The number of nitrogens with one attached hydrogen (secondary N) is 2. The van der Waals surface area contributed by atoms with Gasteiger partial charge in [-0.2, -0.15) is 0 Å². The highest BCUT2D eigenvalue weighted by Gasteiger charge is 2.06. The molecule has 2 aromatic rings. The first-order valence-corrected chi connectivity index (χ1v) is 8.87. The molecule has 0 heterocycles. The third-order valence-electron chi connectivity index (χ3n) is 4.37. The molecule has 0 spiro atoms. The summed E-state index contributed by atoms with van der Waals surface area (Å²) in [6.45, 7) is 3.78. The Labute approximate surface area is 156 Å². The lowest BCUT2D eigenvalue weighted by atomic mass is 9.98. The van der Waals surface area contributed by atoms with E-state index < -0.39 is 0 Å². The van der Waals surface area contributed by atoms with Gasteiger partial charge in [-0.1, -0.05) is 31.2 Å². The number of rotatable bonds is 8. The molecule has 1 unspecified atom stereocenters. The van der Waals surface area contributed by atoms with E-state index in [2.05, 4.69) is 40.7 Å². The van der Waals surface area contributed by atoms with E-state index in [1.54, 1.807) is 21.3 Å². The van der Waals surface area contributed by atoms with Crippen molar-refractivity contribution in [3.05, 3.63) is 59.7 Å². The van der Waals surface area contributed by atoms with E-state index in [4.69, 9.17) is 9.47 Å². The molecule has 0 saturated carbocycles. The van der Waals surface area contributed by atoms with Crippen molar-refractivity contribution in [2.75, 3.05) is 27.8 Å². The van der Waals surface area contributed by atoms with Crippen LogP contribution in [0.15, 0.2) is 53.5 Å². The SMILES string of the molecule is CN=C(NCCC(C)c1ccc(OC)cc1)NCc1cccc(OC)c1. The zero-order valence-corrected chi connectivity index (χ0v) is 16.1. The minimum atomic E-state index is 0.463. The molecule has 0 radical (unpaired) electrons. The van der Waals surface area contributed by atoms with E-state index in [-0.39, 0.29) is 0 Å². The first-order chi connectivity index (χ1) is 12.7. The summed E-state index contributed by atoms with van der Waals surface area (Å²) >= 11 is 0. The van der Waals surface area contributed by atoms with Crippen molar-refractivity contribution in [3.8, 4) is 11.5 Å². The van der Waals surface area contributed by atoms with Crippen LogP contribution in [0, 0.1) is 0 Å². The van der Waals surface area contributed by atoms with Gasteiger partial charge >= 0.3 is 0 Å². The maximum atomic E-state index is 5.25. The van der Waals surface area contributed by atoms with Crippen LogP contribution in [0.25, 0.3) is 0 Å². The van der Waals surface area contributed by atoms with E-state index in [1.165, 1.54) is 5.56 Å². The van der Waals surface area contributed by atoms with Crippen molar-refractivity contribution in [2.24, 2.45) is 4.99 Å². The molecule has 0 aromatic heterocycles.